The molecule has 0 saturated heterocycles. The lowest BCUT2D eigenvalue weighted by Gasteiger charge is -2.11. The van der Waals surface area contributed by atoms with Crippen molar-refractivity contribution in [2.75, 3.05) is 18.2 Å². The third-order valence-electron chi connectivity index (χ3n) is 3.40. The molecule has 2 aromatic carbocycles. The standard InChI is InChI=1S/C18H18F3NO3S/c1-11-3-5-13(8-14(11)19)22-17(23)10-26-9-12-4-6-15(25-18(20)21)16(7-12)24-2/h3-8,18H,9-10H2,1-2H3,(H,22,23). The Hall–Kier alpha value is -2.35. The van der Waals surface area contributed by atoms with E-state index in [0.29, 0.717) is 17.0 Å². The van der Waals surface area contributed by atoms with Crippen molar-refractivity contribution in [3.63, 3.8) is 0 Å². The topological polar surface area (TPSA) is 47.6 Å². The van der Waals surface area contributed by atoms with Gasteiger partial charge in [0, 0.05) is 11.4 Å². The molecule has 140 valence electrons. The van der Waals surface area contributed by atoms with Gasteiger partial charge in [0.25, 0.3) is 0 Å². The molecule has 0 spiro atoms. The third-order valence-corrected chi connectivity index (χ3v) is 4.41. The van der Waals surface area contributed by atoms with Crippen LogP contribution in [0.1, 0.15) is 11.1 Å². The number of hydrogen-bond donors (Lipinski definition) is 1. The Balaban J connectivity index is 1.86. The van der Waals surface area contributed by atoms with Gasteiger partial charge in [0.05, 0.1) is 12.9 Å². The summed E-state index contributed by atoms with van der Waals surface area (Å²) in [5.41, 5.74) is 1.70. The van der Waals surface area contributed by atoms with Crippen molar-refractivity contribution in [2.45, 2.75) is 19.3 Å². The summed E-state index contributed by atoms with van der Waals surface area (Å²) in [6.07, 6.45) is 0. The molecule has 26 heavy (non-hydrogen) atoms. The molecular weight excluding hydrogens is 367 g/mol. The minimum absolute atomic E-state index is 0.0459. The quantitative estimate of drug-likeness (QED) is 0.721. The van der Waals surface area contributed by atoms with Crippen LogP contribution in [0.3, 0.4) is 0 Å². The molecule has 2 aromatic rings. The number of ether oxygens (including phenoxy) is 2. The normalized spacial score (nSPS) is 10.7. The Morgan fingerprint density at radius 3 is 2.62 bits per heavy atom. The highest BCUT2D eigenvalue weighted by atomic mass is 32.2. The molecule has 0 bridgehead atoms. The molecule has 0 fully saturated rings. The van der Waals surface area contributed by atoms with Crippen molar-refractivity contribution >= 4 is 23.4 Å². The smallest absolute Gasteiger partial charge is 0.387 e. The lowest BCUT2D eigenvalue weighted by molar-refractivity contribution is -0.113. The van der Waals surface area contributed by atoms with Gasteiger partial charge in [0.1, 0.15) is 5.82 Å². The molecule has 0 aliphatic heterocycles. The van der Waals surface area contributed by atoms with Crippen LogP contribution in [0.15, 0.2) is 36.4 Å². The Labute approximate surface area is 153 Å². The highest BCUT2D eigenvalue weighted by Gasteiger charge is 2.11. The van der Waals surface area contributed by atoms with Gasteiger partial charge < -0.3 is 14.8 Å². The average Bonchev–Trinajstić information content (AvgIpc) is 2.59. The number of nitrogens with one attached hydrogen (secondary N) is 1. The fourth-order valence-corrected chi connectivity index (χ4v) is 2.90. The van der Waals surface area contributed by atoms with E-state index < -0.39 is 6.61 Å². The molecule has 0 radical (unpaired) electrons. The number of thioether (sulfide) groups is 1. The number of carbonyl (C=O) groups excluding carboxylic acids is 1. The van der Waals surface area contributed by atoms with E-state index in [4.69, 9.17) is 4.74 Å². The summed E-state index contributed by atoms with van der Waals surface area (Å²) in [6.45, 7) is -1.29. The summed E-state index contributed by atoms with van der Waals surface area (Å²) in [4.78, 5) is 11.9. The zero-order valence-electron chi connectivity index (χ0n) is 14.2. The Bertz CT molecular complexity index is 771. The number of benzene rings is 2. The van der Waals surface area contributed by atoms with Gasteiger partial charge in [-0.05, 0) is 42.3 Å². The monoisotopic (exact) mass is 385 g/mol. The molecule has 0 saturated carbocycles. The number of anilines is 1. The number of carbonyl (C=O) groups is 1. The van der Waals surface area contributed by atoms with Crippen LogP contribution in [-0.4, -0.2) is 25.4 Å². The van der Waals surface area contributed by atoms with Crippen molar-refractivity contribution in [3.8, 4) is 11.5 Å². The van der Waals surface area contributed by atoms with E-state index in [2.05, 4.69) is 10.1 Å². The maximum absolute atomic E-state index is 13.5. The Morgan fingerprint density at radius 2 is 1.96 bits per heavy atom. The lowest BCUT2D eigenvalue weighted by Crippen LogP contribution is -2.14. The number of alkyl halides is 2. The van der Waals surface area contributed by atoms with Crippen LogP contribution in [0, 0.1) is 12.7 Å². The largest absolute Gasteiger partial charge is 0.493 e. The minimum atomic E-state index is -2.93. The average molecular weight is 385 g/mol. The van der Waals surface area contributed by atoms with Gasteiger partial charge in [0.15, 0.2) is 11.5 Å². The summed E-state index contributed by atoms with van der Waals surface area (Å²) in [5.74, 6) is 0.142. The molecule has 0 atom stereocenters. The molecule has 2 rings (SSSR count). The van der Waals surface area contributed by atoms with Crippen LogP contribution in [0.5, 0.6) is 11.5 Å². The predicted molar refractivity (Wildman–Crippen MR) is 95.6 cm³/mol. The first-order valence-electron chi connectivity index (χ1n) is 7.64. The molecule has 1 N–H and O–H groups in total. The zero-order chi connectivity index (χ0) is 19.1. The van der Waals surface area contributed by atoms with Crippen molar-refractivity contribution in [3.05, 3.63) is 53.3 Å². The number of rotatable bonds is 8. The van der Waals surface area contributed by atoms with E-state index in [9.17, 15) is 18.0 Å². The fraction of sp³-hybridized carbons (Fsp3) is 0.278. The van der Waals surface area contributed by atoms with E-state index >= 15 is 0 Å². The maximum atomic E-state index is 13.5. The van der Waals surface area contributed by atoms with Crippen molar-refractivity contribution in [2.24, 2.45) is 0 Å². The number of hydrogen-bond acceptors (Lipinski definition) is 4. The molecule has 0 aliphatic rings. The van der Waals surface area contributed by atoms with Gasteiger partial charge in [-0.25, -0.2) is 4.39 Å². The van der Waals surface area contributed by atoms with Crippen LogP contribution >= 0.6 is 11.8 Å². The SMILES string of the molecule is COc1cc(CSCC(=O)Nc2ccc(C)c(F)c2)ccc1OC(F)F. The second kappa shape index (κ2) is 9.38. The van der Waals surface area contributed by atoms with Crippen LogP contribution in [0.4, 0.5) is 18.9 Å². The highest BCUT2D eigenvalue weighted by molar-refractivity contribution is 7.99. The van der Waals surface area contributed by atoms with Gasteiger partial charge >= 0.3 is 6.61 Å². The number of halogens is 3. The predicted octanol–water partition coefficient (Wildman–Crippen LogP) is 4.62. The summed E-state index contributed by atoms with van der Waals surface area (Å²) >= 11 is 1.33. The van der Waals surface area contributed by atoms with Crippen LogP contribution < -0.4 is 14.8 Å². The third kappa shape index (κ3) is 5.87. The zero-order valence-corrected chi connectivity index (χ0v) is 15.0. The Kier molecular flexibility index (Phi) is 7.20. The van der Waals surface area contributed by atoms with Crippen LogP contribution in [-0.2, 0) is 10.5 Å². The molecule has 0 heterocycles. The number of methoxy groups -OCH3 is 1. The molecule has 0 unspecified atom stereocenters. The fourth-order valence-electron chi connectivity index (χ4n) is 2.12. The molecule has 8 heteroatoms. The molecule has 0 aliphatic carbocycles. The second-order valence-electron chi connectivity index (χ2n) is 5.37. The molecule has 0 aromatic heterocycles. The van der Waals surface area contributed by atoms with E-state index in [1.807, 2.05) is 0 Å². The lowest BCUT2D eigenvalue weighted by atomic mass is 10.2. The number of aryl methyl sites for hydroxylation is 1. The van der Waals surface area contributed by atoms with Gasteiger partial charge in [-0.1, -0.05) is 12.1 Å². The van der Waals surface area contributed by atoms with E-state index in [0.717, 1.165) is 5.56 Å². The van der Waals surface area contributed by atoms with Gasteiger partial charge in [-0.15, -0.1) is 11.8 Å². The van der Waals surface area contributed by atoms with Gasteiger partial charge in [-0.2, -0.15) is 8.78 Å². The van der Waals surface area contributed by atoms with Gasteiger partial charge in [-0.3, -0.25) is 4.79 Å². The first kappa shape index (κ1) is 20.0. The van der Waals surface area contributed by atoms with E-state index in [1.165, 1.54) is 31.0 Å². The number of amides is 1. The minimum Gasteiger partial charge on any atom is -0.493 e. The van der Waals surface area contributed by atoms with Crippen LogP contribution in [0.2, 0.25) is 0 Å². The van der Waals surface area contributed by atoms with Gasteiger partial charge in [0.2, 0.25) is 5.91 Å². The molecular formula is C18H18F3NO3S. The highest BCUT2D eigenvalue weighted by Crippen LogP contribution is 2.30. The Morgan fingerprint density at radius 1 is 1.19 bits per heavy atom. The first-order valence-corrected chi connectivity index (χ1v) is 8.80. The van der Waals surface area contributed by atoms with E-state index in [1.54, 1.807) is 31.2 Å². The van der Waals surface area contributed by atoms with Crippen molar-refractivity contribution < 1.29 is 27.4 Å². The summed E-state index contributed by atoms with van der Waals surface area (Å²) in [6, 6.07) is 9.10. The molecule has 4 nitrogen and oxygen atoms in total. The second-order valence-corrected chi connectivity index (χ2v) is 6.35. The first-order chi connectivity index (χ1) is 12.4. The van der Waals surface area contributed by atoms with Crippen molar-refractivity contribution in [1.82, 2.24) is 0 Å². The van der Waals surface area contributed by atoms with Crippen LogP contribution in [0.25, 0.3) is 0 Å². The maximum Gasteiger partial charge on any atom is 0.387 e. The summed E-state index contributed by atoms with van der Waals surface area (Å²) < 4.78 is 47.5. The van der Waals surface area contributed by atoms with Crippen molar-refractivity contribution in [1.29, 1.82) is 0 Å². The van der Waals surface area contributed by atoms with E-state index in [-0.39, 0.29) is 29.0 Å². The summed E-state index contributed by atoms with van der Waals surface area (Å²) in [5, 5.41) is 2.62. The summed E-state index contributed by atoms with van der Waals surface area (Å²) in [7, 11) is 1.36. The molecule has 1 amide bonds.